The van der Waals surface area contributed by atoms with Crippen molar-refractivity contribution >= 4 is 28.6 Å². The molecular formula is C26H23N3O3S. The molecule has 1 amide bonds. The zero-order valence-electron chi connectivity index (χ0n) is 18.2. The van der Waals surface area contributed by atoms with Crippen LogP contribution < -0.4 is 10.3 Å². The van der Waals surface area contributed by atoms with Crippen LogP contribution in [0, 0.1) is 0 Å². The quantitative estimate of drug-likeness (QED) is 0.334. The van der Waals surface area contributed by atoms with Gasteiger partial charge in [-0.05, 0) is 41.8 Å². The maximum Gasteiger partial charge on any atom is 0.266 e. The molecule has 4 aromatic rings. The summed E-state index contributed by atoms with van der Waals surface area (Å²) in [5.74, 6) is 0.886. The van der Waals surface area contributed by atoms with E-state index in [0.717, 1.165) is 6.42 Å². The molecule has 0 unspecified atom stereocenters. The summed E-state index contributed by atoms with van der Waals surface area (Å²) < 4.78 is 6.91. The molecule has 33 heavy (non-hydrogen) atoms. The molecule has 0 atom stereocenters. The molecule has 0 fully saturated rings. The van der Waals surface area contributed by atoms with Crippen LogP contribution in [0.25, 0.3) is 16.6 Å². The van der Waals surface area contributed by atoms with Gasteiger partial charge in [0, 0.05) is 19.2 Å². The normalized spacial score (nSPS) is 13.1. The van der Waals surface area contributed by atoms with E-state index >= 15 is 0 Å². The number of para-hydroxylation sites is 1. The number of nitrogens with zero attached hydrogens (tertiary/aromatic N) is 3. The second-order valence-corrected chi connectivity index (χ2v) is 8.82. The minimum atomic E-state index is -0.171. The van der Waals surface area contributed by atoms with Gasteiger partial charge in [0.1, 0.15) is 5.75 Å². The van der Waals surface area contributed by atoms with Gasteiger partial charge >= 0.3 is 0 Å². The van der Waals surface area contributed by atoms with Crippen molar-refractivity contribution < 1.29 is 9.53 Å². The zero-order valence-corrected chi connectivity index (χ0v) is 19.0. The fourth-order valence-electron chi connectivity index (χ4n) is 4.11. The lowest BCUT2D eigenvalue weighted by Gasteiger charge is -2.28. The summed E-state index contributed by atoms with van der Waals surface area (Å²) in [6, 6.07) is 22.8. The summed E-state index contributed by atoms with van der Waals surface area (Å²) in [6.07, 6.45) is 0.856. The van der Waals surface area contributed by atoms with Gasteiger partial charge in [-0.2, -0.15) is 0 Å². The SMILES string of the molecule is COc1cccc(-n2c(SCC(=O)N3CCc4ccccc4C3)nc3ccccc3c2=O)c1. The smallest absolute Gasteiger partial charge is 0.266 e. The van der Waals surface area contributed by atoms with Crippen LogP contribution >= 0.6 is 11.8 Å². The van der Waals surface area contributed by atoms with Crippen molar-refractivity contribution in [3.63, 3.8) is 0 Å². The lowest BCUT2D eigenvalue weighted by atomic mass is 10.00. The monoisotopic (exact) mass is 457 g/mol. The number of aromatic nitrogens is 2. The largest absolute Gasteiger partial charge is 0.497 e. The number of carbonyl (C=O) groups is 1. The van der Waals surface area contributed by atoms with E-state index in [4.69, 9.17) is 9.72 Å². The highest BCUT2D eigenvalue weighted by Gasteiger charge is 2.22. The third-order valence-corrected chi connectivity index (χ3v) is 6.79. The van der Waals surface area contributed by atoms with Crippen molar-refractivity contribution in [3.05, 3.63) is 94.3 Å². The Bertz CT molecular complexity index is 1400. The Labute approximate surface area is 195 Å². The number of amides is 1. The van der Waals surface area contributed by atoms with Crippen LogP contribution in [0.3, 0.4) is 0 Å². The highest BCUT2D eigenvalue weighted by atomic mass is 32.2. The van der Waals surface area contributed by atoms with Crippen LogP contribution in [-0.2, 0) is 17.8 Å². The maximum absolute atomic E-state index is 13.4. The van der Waals surface area contributed by atoms with Gasteiger partial charge in [0.15, 0.2) is 5.16 Å². The summed E-state index contributed by atoms with van der Waals surface area (Å²) in [4.78, 5) is 33.1. The Morgan fingerprint density at radius 3 is 2.67 bits per heavy atom. The third kappa shape index (κ3) is 4.24. The van der Waals surface area contributed by atoms with Crippen molar-refractivity contribution in [2.75, 3.05) is 19.4 Å². The van der Waals surface area contributed by atoms with Crippen LogP contribution in [0.1, 0.15) is 11.1 Å². The van der Waals surface area contributed by atoms with Crippen molar-refractivity contribution in [1.82, 2.24) is 14.5 Å². The maximum atomic E-state index is 13.4. The van der Waals surface area contributed by atoms with Crippen LogP contribution in [0.4, 0.5) is 0 Å². The van der Waals surface area contributed by atoms with Gasteiger partial charge in [0.05, 0.1) is 29.5 Å². The molecule has 0 saturated carbocycles. The lowest BCUT2D eigenvalue weighted by molar-refractivity contribution is -0.129. The standard InChI is InChI=1S/C26H23N3O3S/c1-32-21-10-6-9-20(15-21)29-25(31)22-11-4-5-12-23(22)27-26(29)33-17-24(30)28-14-13-18-7-2-3-8-19(18)16-28/h2-12,15H,13-14,16-17H2,1H3. The molecule has 0 bridgehead atoms. The van der Waals surface area contributed by atoms with Gasteiger partial charge in [-0.15, -0.1) is 0 Å². The number of ether oxygens (including phenoxy) is 1. The van der Waals surface area contributed by atoms with Gasteiger partial charge in [-0.1, -0.05) is 54.2 Å². The van der Waals surface area contributed by atoms with Crippen LogP contribution in [-0.4, -0.2) is 39.8 Å². The van der Waals surface area contributed by atoms with E-state index in [-0.39, 0.29) is 17.2 Å². The number of thioether (sulfide) groups is 1. The highest BCUT2D eigenvalue weighted by Crippen LogP contribution is 2.25. The Kier molecular flexibility index (Phi) is 5.88. The van der Waals surface area contributed by atoms with E-state index in [1.165, 1.54) is 22.9 Å². The van der Waals surface area contributed by atoms with E-state index in [9.17, 15) is 9.59 Å². The first-order valence-electron chi connectivity index (χ1n) is 10.8. The lowest BCUT2D eigenvalue weighted by Crippen LogP contribution is -2.37. The van der Waals surface area contributed by atoms with Gasteiger partial charge in [0.25, 0.3) is 5.56 Å². The van der Waals surface area contributed by atoms with Crippen molar-refractivity contribution in [2.45, 2.75) is 18.1 Å². The average Bonchev–Trinajstić information content (AvgIpc) is 2.87. The molecule has 0 spiro atoms. The van der Waals surface area contributed by atoms with Crippen molar-refractivity contribution in [1.29, 1.82) is 0 Å². The predicted molar refractivity (Wildman–Crippen MR) is 130 cm³/mol. The molecule has 5 rings (SSSR count). The molecular weight excluding hydrogens is 434 g/mol. The minimum absolute atomic E-state index is 0.0362. The van der Waals surface area contributed by atoms with E-state index in [2.05, 4.69) is 12.1 Å². The van der Waals surface area contributed by atoms with Gasteiger partial charge < -0.3 is 9.64 Å². The number of fused-ring (bicyclic) bond motifs is 2. The van der Waals surface area contributed by atoms with E-state index in [1.54, 1.807) is 23.8 Å². The second kappa shape index (κ2) is 9.11. The van der Waals surface area contributed by atoms with E-state index < -0.39 is 0 Å². The number of hydrogen-bond acceptors (Lipinski definition) is 5. The number of benzene rings is 3. The second-order valence-electron chi connectivity index (χ2n) is 7.88. The summed E-state index contributed by atoms with van der Waals surface area (Å²) in [5.41, 5.74) is 3.59. The summed E-state index contributed by atoms with van der Waals surface area (Å²) in [7, 11) is 1.59. The highest BCUT2D eigenvalue weighted by molar-refractivity contribution is 7.99. The number of methoxy groups -OCH3 is 1. The number of carbonyl (C=O) groups excluding carboxylic acids is 1. The Balaban J connectivity index is 1.46. The number of rotatable bonds is 5. The first-order valence-corrected chi connectivity index (χ1v) is 11.8. The van der Waals surface area contributed by atoms with Gasteiger partial charge in [-0.3, -0.25) is 14.2 Å². The first-order chi connectivity index (χ1) is 16.1. The molecule has 6 nitrogen and oxygen atoms in total. The molecule has 7 heteroatoms. The van der Waals surface area contributed by atoms with Crippen LogP contribution in [0.15, 0.2) is 82.7 Å². The molecule has 3 aromatic carbocycles. The number of hydrogen-bond donors (Lipinski definition) is 0. The van der Waals surface area contributed by atoms with Gasteiger partial charge in [-0.25, -0.2) is 4.98 Å². The average molecular weight is 458 g/mol. The topological polar surface area (TPSA) is 64.4 Å². The fourth-order valence-corrected chi connectivity index (χ4v) is 5.03. The molecule has 0 saturated heterocycles. The summed E-state index contributed by atoms with van der Waals surface area (Å²) >= 11 is 1.29. The predicted octanol–water partition coefficient (Wildman–Crippen LogP) is 4.07. The third-order valence-electron chi connectivity index (χ3n) is 5.86. The Morgan fingerprint density at radius 2 is 1.82 bits per heavy atom. The van der Waals surface area contributed by atoms with Crippen LogP contribution in [0.2, 0.25) is 0 Å². The van der Waals surface area contributed by atoms with Gasteiger partial charge in [0.2, 0.25) is 5.91 Å². The molecule has 0 aliphatic carbocycles. The molecule has 1 aliphatic heterocycles. The van der Waals surface area contributed by atoms with E-state index in [0.29, 0.717) is 40.6 Å². The summed E-state index contributed by atoms with van der Waals surface area (Å²) in [5, 5.41) is 1.02. The zero-order chi connectivity index (χ0) is 22.8. The summed E-state index contributed by atoms with van der Waals surface area (Å²) in [6.45, 7) is 1.31. The fraction of sp³-hybridized carbons (Fsp3) is 0.192. The van der Waals surface area contributed by atoms with Crippen molar-refractivity contribution in [3.8, 4) is 11.4 Å². The Hall–Kier alpha value is -3.58. The molecule has 0 radical (unpaired) electrons. The first kappa shape index (κ1) is 21.3. The van der Waals surface area contributed by atoms with Crippen molar-refractivity contribution in [2.24, 2.45) is 0 Å². The molecule has 1 aromatic heterocycles. The van der Waals surface area contributed by atoms with Crippen LogP contribution in [0.5, 0.6) is 5.75 Å². The van der Waals surface area contributed by atoms with E-state index in [1.807, 2.05) is 53.4 Å². The molecule has 166 valence electrons. The Morgan fingerprint density at radius 1 is 1.03 bits per heavy atom. The minimum Gasteiger partial charge on any atom is -0.497 e. The molecule has 2 heterocycles. The molecule has 1 aliphatic rings. The molecule has 0 N–H and O–H groups in total.